The zero-order chi connectivity index (χ0) is 65.3. The molecule has 0 radical (unpaired) electrons. The molecule has 26 nitrogen and oxygen atoms in total. The first-order chi connectivity index (χ1) is 45.0. The van der Waals surface area contributed by atoms with Crippen LogP contribution < -0.4 is 31.5 Å². The first kappa shape index (κ1) is 68.2. The molecule has 4 aromatic rings. The number of hydrazine groups is 1. The summed E-state index contributed by atoms with van der Waals surface area (Å²) in [6, 6.07) is 9.54. The van der Waals surface area contributed by atoms with Crippen molar-refractivity contribution in [1.29, 1.82) is 0 Å². The van der Waals surface area contributed by atoms with Gasteiger partial charge in [0.1, 0.15) is 23.4 Å². The molecule has 1 saturated carbocycles. The van der Waals surface area contributed by atoms with Crippen molar-refractivity contribution < 1.29 is 86.8 Å². The lowest BCUT2D eigenvalue weighted by Gasteiger charge is -2.43. The maximum atomic E-state index is 14.3. The highest BCUT2D eigenvalue weighted by Crippen LogP contribution is 2.53. The highest BCUT2D eigenvalue weighted by molar-refractivity contribution is 8.03. The van der Waals surface area contributed by atoms with Gasteiger partial charge in [-0.3, -0.25) is 49.3 Å². The van der Waals surface area contributed by atoms with Gasteiger partial charge in [0.25, 0.3) is 11.8 Å². The van der Waals surface area contributed by atoms with E-state index in [1.165, 1.54) is 70.9 Å². The van der Waals surface area contributed by atoms with Gasteiger partial charge in [-0.1, -0.05) is 37.8 Å². The minimum atomic E-state index is -2.46. The van der Waals surface area contributed by atoms with Crippen molar-refractivity contribution in [2.75, 3.05) is 84.9 Å². The van der Waals surface area contributed by atoms with Crippen LogP contribution in [0.15, 0.2) is 36.4 Å². The van der Waals surface area contributed by atoms with E-state index in [0.717, 1.165) is 40.2 Å². The van der Waals surface area contributed by atoms with Crippen LogP contribution in [0.3, 0.4) is 0 Å². The van der Waals surface area contributed by atoms with E-state index in [4.69, 9.17) is 47.9 Å². The number of benzene rings is 3. The minimum Gasteiger partial charge on any atom is -0.507 e. The minimum absolute atomic E-state index is 0.0108. The summed E-state index contributed by atoms with van der Waals surface area (Å²) in [6.45, 7) is 4.25. The average Bonchev–Trinajstić information content (AvgIpc) is 1.22. The third kappa shape index (κ3) is 15.5. The fourth-order valence-electron chi connectivity index (χ4n) is 13.2. The maximum absolute atomic E-state index is 14.3. The van der Waals surface area contributed by atoms with Crippen molar-refractivity contribution in [2.45, 2.75) is 148 Å². The molecule has 4 fully saturated rings. The number of aromatic nitrogens is 2. The Hall–Kier alpha value is -6.22. The van der Waals surface area contributed by atoms with Crippen LogP contribution in [0.4, 0.5) is 0 Å². The van der Waals surface area contributed by atoms with Gasteiger partial charge < -0.3 is 69.2 Å². The van der Waals surface area contributed by atoms with E-state index < -0.39 is 102 Å². The Morgan fingerprint density at radius 2 is 1.51 bits per heavy atom. The van der Waals surface area contributed by atoms with E-state index in [9.17, 15) is 48.9 Å². The van der Waals surface area contributed by atoms with E-state index in [2.05, 4.69) is 31.7 Å². The van der Waals surface area contributed by atoms with E-state index in [1.54, 1.807) is 19.1 Å². The van der Waals surface area contributed by atoms with Crippen LogP contribution >= 0.6 is 35.3 Å². The molecule has 93 heavy (non-hydrogen) atoms. The summed E-state index contributed by atoms with van der Waals surface area (Å²) < 4.78 is 47.1. The molecule has 1 aromatic heterocycles. The van der Waals surface area contributed by atoms with Gasteiger partial charge in [-0.2, -0.15) is 35.3 Å². The van der Waals surface area contributed by atoms with Crippen molar-refractivity contribution in [3.05, 3.63) is 86.7 Å². The number of aliphatic hydroxyl groups is 1. The number of ether oxygens (including phenoxy) is 8. The molecule has 11 rings (SSSR count). The fourth-order valence-corrected chi connectivity index (χ4v) is 17.0. The topological polar surface area (TPSA) is 343 Å². The Bertz CT molecular complexity index is 3460. The molecule has 0 spiro atoms. The number of methoxy groups -OCH3 is 2. The molecule has 29 heteroatoms. The standard InChI is InChI=1S/C64H80N8O18S3/c1-34-59-42(72-20-23-87-62(84-3)61(72)90-59)28-50(88-34)89-44-30-64(82,29-37-52(44)58(79)54-53(56(37)77)55(76)36-9-8-10-43(83-2)51(36)57(54)78)63(81)71-70-48(74)16-26-91-33-49(75)66-18-17-65-47(73)15-21-85-24-25-86-22-19-67-60(80)35-13-14-38-39(27-35)69-41-32-93-46-12-7-5-4-6-11-45(46)92-31-40(41)68-38/h8-10,13-14,27,34,42,44-46,50,59,61-62,77,79,82H,4-7,11-12,15-26,28-33H2,1-3H3,(H,65,73)(H,66,75)(H,67,80)(H,70,74)(H,71,81)/t34-,42-,44-,45?,46?,50-,59+,61+,62-,64-/m0/s1. The summed E-state index contributed by atoms with van der Waals surface area (Å²) >= 11 is 5.18. The highest BCUT2D eigenvalue weighted by atomic mass is 32.2. The number of hydrogen-bond donors (Lipinski definition) is 8. The Labute approximate surface area is 550 Å². The second-order valence-electron chi connectivity index (χ2n) is 23.9. The van der Waals surface area contributed by atoms with Crippen LogP contribution in [-0.2, 0) is 70.3 Å². The van der Waals surface area contributed by atoms with Crippen molar-refractivity contribution in [3.63, 3.8) is 0 Å². The Balaban J connectivity index is 0.574. The van der Waals surface area contributed by atoms with Crippen molar-refractivity contribution in [3.8, 4) is 17.2 Å². The van der Waals surface area contributed by atoms with Crippen LogP contribution in [0.5, 0.6) is 17.2 Å². The molecule has 502 valence electrons. The van der Waals surface area contributed by atoms with Gasteiger partial charge >= 0.3 is 0 Å². The summed E-state index contributed by atoms with van der Waals surface area (Å²) in [6.07, 6.45) is 1.99. The number of carbonyl (C=O) groups excluding carboxylic acids is 7. The van der Waals surface area contributed by atoms with E-state index in [1.807, 2.05) is 29.6 Å². The quantitative estimate of drug-likeness (QED) is 0.0260. The smallest absolute Gasteiger partial charge is 0.270 e. The number of phenolic OH excluding ortho intramolecular Hbond substituents is 2. The highest BCUT2D eigenvalue weighted by Gasteiger charge is 2.55. The lowest BCUT2D eigenvalue weighted by Crippen LogP contribution is -2.57. The number of ketones is 2. The normalized spacial score (nSPS) is 25.8. The number of amides is 5. The molecular weight excluding hydrogens is 1260 g/mol. The number of fused-ring (bicyclic) bond motifs is 9. The van der Waals surface area contributed by atoms with Gasteiger partial charge in [-0.05, 0) is 44.0 Å². The number of morpholine rings is 1. The van der Waals surface area contributed by atoms with E-state index in [-0.39, 0.29) is 122 Å². The van der Waals surface area contributed by atoms with Crippen LogP contribution in [-0.4, -0.2) is 209 Å². The number of thioether (sulfide) groups is 3. The molecule has 3 saturated heterocycles. The zero-order valence-electron chi connectivity index (χ0n) is 52.2. The molecule has 5 heterocycles. The first-order valence-electron chi connectivity index (χ1n) is 31.7. The second kappa shape index (κ2) is 31.1. The molecule has 3 aliphatic carbocycles. The van der Waals surface area contributed by atoms with Gasteiger partial charge in [0.2, 0.25) is 23.5 Å². The molecular formula is C64H80N8O18S3. The van der Waals surface area contributed by atoms with Gasteiger partial charge in [-0.15, -0.1) is 0 Å². The summed E-state index contributed by atoms with van der Waals surface area (Å²) in [5.41, 5.74) is 4.53. The number of nitrogens with one attached hydrogen (secondary N) is 5. The predicted octanol–water partition coefficient (Wildman–Crippen LogP) is 4.02. The fraction of sp³-hybridized carbons (Fsp3) is 0.578. The van der Waals surface area contributed by atoms with E-state index in [0.29, 0.717) is 41.3 Å². The number of aromatic hydroxyl groups is 2. The van der Waals surface area contributed by atoms with Gasteiger partial charge in [-0.25, -0.2) is 9.97 Å². The molecule has 3 aromatic carbocycles. The number of nitrogens with zero attached hydrogens (tertiary/aromatic N) is 3. The van der Waals surface area contributed by atoms with Gasteiger partial charge in [0.05, 0.1) is 97.2 Å². The van der Waals surface area contributed by atoms with Crippen molar-refractivity contribution in [1.82, 2.24) is 41.7 Å². The summed E-state index contributed by atoms with van der Waals surface area (Å²) in [7, 11) is 2.84. The third-order valence-corrected chi connectivity index (χ3v) is 21.9. The Morgan fingerprint density at radius 3 is 2.25 bits per heavy atom. The number of rotatable bonds is 23. The second-order valence-corrected chi connectivity index (χ2v) is 27.5. The third-order valence-electron chi connectivity index (χ3n) is 17.9. The molecule has 8 N–H and O–H groups in total. The van der Waals surface area contributed by atoms with Crippen LogP contribution in [0.2, 0.25) is 0 Å². The molecule has 10 atom stereocenters. The number of hydrogen-bond acceptors (Lipinski definition) is 24. The molecule has 7 aliphatic rings. The monoisotopic (exact) mass is 1340 g/mol. The largest absolute Gasteiger partial charge is 0.507 e. The van der Waals surface area contributed by atoms with Crippen LogP contribution in [0.1, 0.15) is 142 Å². The van der Waals surface area contributed by atoms with Crippen LogP contribution in [0.25, 0.3) is 11.0 Å². The lowest BCUT2D eigenvalue weighted by molar-refractivity contribution is -0.256. The average molecular weight is 1350 g/mol. The summed E-state index contributed by atoms with van der Waals surface area (Å²) in [5.74, 6) is -3.75. The molecule has 5 amide bonds. The van der Waals surface area contributed by atoms with Gasteiger partial charge in [0.15, 0.2) is 30.2 Å². The van der Waals surface area contributed by atoms with Crippen molar-refractivity contribution >= 4 is 87.4 Å². The maximum Gasteiger partial charge on any atom is 0.270 e. The number of carbonyl (C=O) groups is 7. The molecule has 0 bridgehead atoms. The lowest BCUT2D eigenvalue weighted by atomic mass is 9.72. The zero-order valence-corrected chi connectivity index (χ0v) is 54.6. The van der Waals surface area contributed by atoms with Crippen molar-refractivity contribution in [2.24, 2.45) is 0 Å². The molecule has 4 aliphatic heterocycles. The Kier molecular flexibility index (Phi) is 22.8. The van der Waals surface area contributed by atoms with Gasteiger partial charge in [0, 0.05) is 121 Å². The summed E-state index contributed by atoms with van der Waals surface area (Å²) in [5, 5.41) is 46.0. The SMILES string of the molecule is COc1cccc2c1C(=O)c1c(O)c3c(c(O)c1C2=O)C[C@@](O)(C(=O)NNC(=O)CCSCC(=O)NCCNC(=O)CCOCCOCCNC(=O)c1ccc2nc4c(nc2c1)CSC1CCCCCCC1SC4)C[C@@H]3O[C@H]1C[C@H]2[C@H](O[C@@H]3[C@@H](OC)OCCN32)[C@H](C)O1. The summed E-state index contributed by atoms with van der Waals surface area (Å²) in [4.78, 5) is 106. The first-order valence-corrected chi connectivity index (χ1v) is 34.9. The predicted molar refractivity (Wildman–Crippen MR) is 342 cm³/mol. The van der Waals surface area contributed by atoms with E-state index >= 15 is 0 Å². The Morgan fingerprint density at radius 1 is 0.785 bits per heavy atom. The molecule has 2 unspecified atom stereocenters. The number of phenols is 2. The van der Waals surface area contributed by atoms with Crippen LogP contribution in [0, 0.1) is 0 Å².